The zero-order valence-electron chi connectivity index (χ0n) is 13.3. The van der Waals surface area contributed by atoms with Gasteiger partial charge in [0.25, 0.3) is 0 Å². The van der Waals surface area contributed by atoms with Gasteiger partial charge in [0.15, 0.2) is 0 Å². The van der Waals surface area contributed by atoms with Crippen LogP contribution in [-0.2, 0) is 14.3 Å². The lowest BCUT2D eigenvalue weighted by atomic mass is 9.81. The summed E-state index contributed by atoms with van der Waals surface area (Å²) in [6.07, 6.45) is 2.55. The van der Waals surface area contributed by atoms with Gasteiger partial charge < -0.3 is 9.47 Å². The van der Waals surface area contributed by atoms with Crippen molar-refractivity contribution in [3.05, 3.63) is 11.6 Å². The molecule has 1 amide bonds. The number of nitrogens with zero attached hydrogens (tertiary/aromatic N) is 1. The van der Waals surface area contributed by atoms with Crippen molar-refractivity contribution in [3.8, 4) is 0 Å². The molecule has 1 atom stereocenters. The summed E-state index contributed by atoms with van der Waals surface area (Å²) in [6.45, 7) is 9.85. The van der Waals surface area contributed by atoms with E-state index in [1.54, 1.807) is 20.8 Å². The van der Waals surface area contributed by atoms with Gasteiger partial charge in [0, 0.05) is 6.54 Å². The van der Waals surface area contributed by atoms with Gasteiger partial charge in [0.05, 0.1) is 7.11 Å². The molecule has 0 aromatic rings. The zero-order chi connectivity index (χ0) is 15.6. The van der Waals surface area contributed by atoms with Crippen molar-refractivity contribution in [2.24, 2.45) is 0 Å². The second-order valence-corrected chi connectivity index (χ2v) is 6.39. The summed E-state index contributed by atoms with van der Waals surface area (Å²) < 4.78 is 10.2. The zero-order valence-corrected chi connectivity index (χ0v) is 13.3. The molecule has 0 N–H and O–H groups in total. The molecule has 0 bridgehead atoms. The molecular weight excluding hydrogens is 258 g/mol. The molecule has 1 saturated heterocycles. The highest BCUT2D eigenvalue weighted by Crippen LogP contribution is 2.37. The second-order valence-electron chi connectivity index (χ2n) is 6.39. The molecule has 1 aliphatic heterocycles. The fourth-order valence-electron chi connectivity index (χ4n) is 2.15. The number of allylic oxidation sites excluding steroid dienone is 1. The maximum atomic E-state index is 12.2. The molecule has 0 saturated carbocycles. The van der Waals surface area contributed by atoms with Crippen molar-refractivity contribution < 1.29 is 19.1 Å². The molecule has 0 radical (unpaired) electrons. The molecule has 5 nitrogen and oxygen atoms in total. The standard InChI is InChI=1S/C15H25NO4/c1-11(2)7-8-15(12(17)19-6)9-10-16(15)13(18)20-14(3,4)5/h7H,8-10H2,1-6H3/t15-/m0/s1. The summed E-state index contributed by atoms with van der Waals surface area (Å²) in [6, 6.07) is 0. The molecule has 20 heavy (non-hydrogen) atoms. The molecule has 1 fully saturated rings. The minimum Gasteiger partial charge on any atom is -0.467 e. The minimum atomic E-state index is -0.908. The number of rotatable bonds is 3. The average molecular weight is 283 g/mol. The first kappa shape index (κ1) is 16.5. The highest BCUT2D eigenvalue weighted by Gasteiger charge is 2.54. The Kier molecular flexibility index (Phi) is 4.84. The number of esters is 1. The molecule has 1 rings (SSSR count). The molecule has 5 heteroatoms. The lowest BCUT2D eigenvalue weighted by Crippen LogP contribution is -2.67. The van der Waals surface area contributed by atoms with Crippen LogP contribution in [0.25, 0.3) is 0 Å². The molecule has 0 spiro atoms. The van der Waals surface area contributed by atoms with Crippen LogP contribution in [0.3, 0.4) is 0 Å². The van der Waals surface area contributed by atoms with Crippen molar-refractivity contribution >= 4 is 12.1 Å². The number of amides is 1. The fraction of sp³-hybridized carbons (Fsp3) is 0.733. The van der Waals surface area contributed by atoms with Gasteiger partial charge in [-0.2, -0.15) is 0 Å². The van der Waals surface area contributed by atoms with Gasteiger partial charge in [-0.1, -0.05) is 11.6 Å². The largest absolute Gasteiger partial charge is 0.467 e. The second kappa shape index (κ2) is 5.85. The van der Waals surface area contributed by atoms with Crippen molar-refractivity contribution in [2.75, 3.05) is 13.7 Å². The van der Waals surface area contributed by atoms with Crippen molar-refractivity contribution in [1.82, 2.24) is 4.90 Å². The third kappa shape index (κ3) is 3.52. The van der Waals surface area contributed by atoms with E-state index in [0.717, 1.165) is 5.57 Å². The highest BCUT2D eigenvalue weighted by atomic mass is 16.6. The van der Waals surface area contributed by atoms with E-state index in [4.69, 9.17) is 9.47 Å². The van der Waals surface area contributed by atoms with Crippen LogP contribution in [0.2, 0.25) is 0 Å². The molecular formula is C15H25NO4. The number of carbonyl (C=O) groups excluding carboxylic acids is 2. The number of hydrogen-bond donors (Lipinski definition) is 0. The fourth-order valence-corrected chi connectivity index (χ4v) is 2.15. The topological polar surface area (TPSA) is 55.8 Å². The Labute approximate surface area is 120 Å². The van der Waals surface area contributed by atoms with E-state index in [1.165, 1.54) is 12.0 Å². The molecule has 1 aliphatic rings. The normalized spacial score (nSPS) is 21.8. The van der Waals surface area contributed by atoms with Crippen LogP contribution in [-0.4, -0.2) is 41.8 Å². The van der Waals surface area contributed by atoms with Crippen molar-refractivity contribution in [2.45, 2.75) is 58.6 Å². The van der Waals surface area contributed by atoms with Gasteiger partial charge in [-0.3, -0.25) is 4.90 Å². The molecule has 0 aliphatic carbocycles. The summed E-state index contributed by atoms with van der Waals surface area (Å²) in [7, 11) is 1.35. The van der Waals surface area contributed by atoms with Crippen LogP contribution < -0.4 is 0 Å². The third-order valence-corrected chi connectivity index (χ3v) is 3.29. The summed E-state index contributed by atoms with van der Waals surface area (Å²) in [5.74, 6) is -0.382. The van der Waals surface area contributed by atoms with E-state index in [0.29, 0.717) is 19.4 Å². The molecule has 0 aromatic carbocycles. The van der Waals surface area contributed by atoms with E-state index in [9.17, 15) is 9.59 Å². The molecule has 1 heterocycles. The molecule has 0 unspecified atom stereocenters. The van der Waals surface area contributed by atoms with Crippen molar-refractivity contribution in [3.63, 3.8) is 0 Å². The Balaban J connectivity index is 2.93. The Hall–Kier alpha value is -1.52. The Bertz CT molecular complexity index is 418. The van der Waals surface area contributed by atoms with E-state index in [1.807, 2.05) is 19.9 Å². The Morgan fingerprint density at radius 1 is 1.30 bits per heavy atom. The van der Waals surface area contributed by atoms with Crippen LogP contribution in [0.1, 0.15) is 47.5 Å². The van der Waals surface area contributed by atoms with E-state index >= 15 is 0 Å². The lowest BCUT2D eigenvalue weighted by Gasteiger charge is -2.49. The maximum absolute atomic E-state index is 12.2. The third-order valence-electron chi connectivity index (χ3n) is 3.29. The van der Waals surface area contributed by atoms with Gasteiger partial charge >= 0.3 is 12.1 Å². The number of methoxy groups -OCH3 is 1. The van der Waals surface area contributed by atoms with Crippen molar-refractivity contribution in [1.29, 1.82) is 0 Å². The number of carbonyl (C=O) groups is 2. The first-order chi connectivity index (χ1) is 9.12. The summed E-state index contributed by atoms with van der Waals surface area (Å²) >= 11 is 0. The van der Waals surface area contributed by atoms with E-state index in [2.05, 4.69) is 0 Å². The van der Waals surface area contributed by atoms with Gasteiger partial charge in [0.2, 0.25) is 0 Å². The first-order valence-electron chi connectivity index (χ1n) is 6.85. The summed E-state index contributed by atoms with van der Waals surface area (Å²) in [4.78, 5) is 25.8. The predicted molar refractivity (Wildman–Crippen MR) is 76.4 cm³/mol. The van der Waals surface area contributed by atoms with Gasteiger partial charge in [-0.25, -0.2) is 9.59 Å². The van der Waals surface area contributed by atoms with Gasteiger partial charge in [-0.05, 0) is 47.5 Å². The van der Waals surface area contributed by atoms with Crippen LogP contribution >= 0.6 is 0 Å². The van der Waals surface area contributed by atoms with Crippen LogP contribution in [0, 0.1) is 0 Å². The average Bonchev–Trinajstić information content (AvgIpc) is 2.24. The summed E-state index contributed by atoms with van der Waals surface area (Å²) in [5, 5.41) is 0. The predicted octanol–water partition coefficient (Wildman–Crippen LogP) is 2.90. The Morgan fingerprint density at radius 2 is 1.90 bits per heavy atom. The Morgan fingerprint density at radius 3 is 2.25 bits per heavy atom. The smallest absolute Gasteiger partial charge is 0.411 e. The number of hydrogen-bond acceptors (Lipinski definition) is 4. The quantitative estimate of drug-likeness (QED) is 0.590. The van der Waals surface area contributed by atoms with Crippen LogP contribution in [0.5, 0.6) is 0 Å². The highest BCUT2D eigenvalue weighted by molar-refractivity contribution is 5.88. The number of ether oxygens (including phenoxy) is 2. The summed E-state index contributed by atoms with van der Waals surface area (Å²) in [5.41, 5.74) is -0.385. The van der Waals surface area contributed by atoms with Crippen LogP contribution in [0.4, 0.5) is 4.79 Å². The molecule has 0 aromatic heterocycles. The first-order valence-corrected chi connectivity index (χ1v) is 6.85. The maximum Gasteiger partial charge on any atom is 0.411 e. The van der Waals surface area contributed by atoms with Crippen LogP contribution in [0.15, 0.2) is 11.6 Å². The lowest BCUT2D eigenvalue weighted by molar-refractivity contribution is -0.163. The van der Waals surface area contributed by atoms with Gasteiger partial charge in [0.1, 0.15) is 11.1 Å². The monoisotopic (exact) mass is 283 g/mol. The SMILES string of the molecule is COC(=O)[C@]1(CC=C(C)C)CCN1C(=O)OC(C)(C)C. The molecule has 114 valence electrons. The van der Waals surface area contributed by atoms with E-state index in [-0.39, 0.29) is 5.97 Å². The number of likely N-dealkylation sites (tertiary alicyclic amines) is 1. The van der Waals surface area contributed by atoms with E-state index < -0.39 is 17.2 Å². The van der Waals surface area contributed by atoms with Gasteiger partial charge in [-0.15, -0.1) is 0 Å². The minimum absolute atomic E-state index is 0.382.